The van der Waals surface area contributed by atoms with E-state index < -0.39 is 23.9 Å². The van der Waals surface area contributed by atoms with Crippen molar-refractivity contribution in [3.8, 4) is 0 Å². The second-order valence-corrected chi connectivity index (χ2v) is 3.87. The molecule has 0 heterocycles. The van der Waals surface area contributed by atoms with E-state index in [2.05, 4.69) is 13.2 Å². The van der Waals surface area contributed by atoms with Gasteiger partial charge in [-0.15, -0.1) is 0 Å². The monoisotopic (exact) mass is 402 g/mol. The van der Waals surface area contributed by atoms with Crippen LogP contribution in [0.1, 0.15) is 34.6 Å². The highest BCUT2D eigenvalue weighted by atomic mass is 16.4. The van der Waals surface area contributed by atoms with Crippen LogP contribution in [0.5, 0.6) is 0 Å². The highest BCUT2D eigenvalue weighted by molar-refractivity contribution is 6.01. The zero-order chi connectivity index (χ0) is 23.1. The fraction of sp³-hybridized carbons (Fsp3) is 0.222. The number of aromatic carboxylic acids is 2. The maximum absolute atomic E-state index is 10.5. The van der Waals surface area contributed by atoms with Crippen LogP contribution < -0.4 is 0 Å². The maximum atomic E-state index is 10.5. The molecule has 0 atom stereocenters. The molecule has 1 aromatic carbocycles. The molecule has 1 aromatic rings. The third-order valence-electron chi connectivity index (χ3n) is 1.74. The number of carbonyl (C=O) groups is 4. The molecule has 0 aromatic heterocycles. The second kappa shape index (κ2) is 23.5. The van der Waals surface area contributed by atoms with Gasteiger partial charge >= 0.3 is 23.9 Å². The molecule has 0 unspecified atom stereocenters. The van der Waals surface area contributed by atoms with Gasteiger partial charge in [0.15, 0.2) is 0 Å². The van der Waals surface area contributed by atoms with Crippen LogP contribution in [0.3, 0.4) is 0 Å². The molecule has 10 nitrogen and oxygen atoms in total. The summed E-state index contributed by atoms with van der Waals surface area (Å²) in [7, 11) is 0. The van der Waals surface area contributed by atoms with Crippen molar-refractivity contribution >= 4 is 23.9 Å². The third-order valence-corrected chi connectivity index (χ3v) is 1.74. The lowest BCUT2D eigenvalue weighted by Crippen LogP contribution is -2.06. The van der Waals surface area contributed by atoms with E-state index in [0.29, 0.717) is 0 Å². The van der Waals surface area contributed by atoms with Crippen molar-refractivity contribution < 1.29 is 49.8 Å². The van der Waals surface area contributed by atoms with Gasteiger partial charge in [0.05, 0.1) is 11.1 Å². The fourth-order valence-corrected chi connectivity index (χ4v) is 0.856. The Kier molecular flexibility index (Phi) is 27.0. The smallest absolute Gasteiger partial charge is 0.336 e. The average molecular weight is 402 g/mol. The summed E-state index contributed by atoms with van der Waals surface area (Å²) in [5.41, 5.74) is -0.380. The van der Waals surface area contributed by atoms with Gasteiger partial charge in [-0.3, -0.25) is 0 Å². The van der Waals surface area contributed by atoms with E-state index in [1.807, 2.05) is 0 Å². The van der Waals surface area contributed by atoms with Gasteiger partial charge < -0.3 is 30.6 Å². The molecule has 0 amide bonds. The first-order chi connectivity index (χ1) is 13.0. The summed E-state index contributed by atoms with van der Waals surface area (Å²) in [5, 5.41) is 47.4. The molecule has 0 radical (unpaired) electrons. The Balaban J connectivity index is -0.000000151. The van der Waals surface area contributed by atoms with E-state index in [-0.39, 0.29) is 24.3 Å². The molecule has 1 rings (SSSR count). The van der Waals surface area contributed by atoms with Crippen molar-refractivity contribution in [1.29, 1.82) is 0 Å². The zero-order valence-corrected chi connectivity index (χ0v) is 15.6. The van der Waals surface area contributed by atoms with Gasteiger partial charge in [0.25, 0.3) is 0 Å². The minimum atomic E-state index is -1.23. The van der Waals surface area contributed by atoms with Gasteiger partial charge in [-0.2, -0.15) is 0 Å². The second-order valence-electron chi connectivity index (χ2n) is 3.87. The molecule has 158 valence electrons. The topological polar surface area (TPSA) is 190 Å². The van der Waals surface area contributed by atoms with Crippen molar-refractivity contribution in [1.82, 2.24) is 0 Å². The summed E-state index contributed by atoms with van der Waals surface area (Å²) < 4.78 is 0. The largest absolute Gasteiger partial charge is 0.478 e. The Hall–Kier alpha value is -3.50. The lowest BCUT2D eigenvalue weighted by atomic mass is 10.1. The predicted molar refractivity (Wildman–Crippen MR) is 102 cm³/mol. The number of aliphatic hydroxyl groups excluding tert-OH is 2. The molecule has 0 saturated carbocycles. The molecule has 0 aliphatic carbocycles. The van der Waals surface area contributed by atoms with Crippen LogP contribution in [0.25, 0.3) is 0 Å². The molecule has 0 bridgehead atoms. The fourth-order valence-electron chi connectivity index (χ4n) is 0.856. The Bertz CT molecular complexity index is 555. The van der Waals surface area contributed by atoms with Crippen molar-refractivity contribution in [2.75, 3.05) is 13.2 Å². The summed E-state index contributed by atoms with van der Waals surface area (Å²) in [5.74, 6) is -4.42. The first kappa shape index (κ1) is 32.2. The van der Waals surface area contributed by atoms with Crippen LogP contribution in [0.15, 0.2) is 49.6 Å². The molecule has 0 saturated heterocycles. The molecular formula is C18H26O10. The van der Waals surface area contributed by atoms with Crippen LogP contribution in [0, 0.1) is 0 Å². The summed E-state index contributed by atoms with van der Waals surface area (Å²) in [6.45, 7) is 9.78. The number of aliphatic hydroxyl groups is 2. The molecule has 0 spiro atoms. The van der Waals surface area contributed by atoms with Gasteiger partial charge in [-0.1, -0.05) is 25.3 Å². The predicted octanol–water partition coefficient (Wildman–Crippen LogP) is 1.59. The average Bonchev–Trinajstić information content (AvgIpc) is 2.63. The summed E-state index contributed by atoms with van der Waals surface area (Å²) in [6, 6.07) is 5.48. The Morgan fingerprint density at radius 2 is 0.929 bits per heavy atom. The molecule has 10 heteroatoms. The molecular weight excluding hydrogens is 376 g/mol. The summed E-state index contributed by atoms with van der Waals surface area (Å²) in [4.78, 5) is 39.4. The highest BCUT2D eigenvalue weighted by Crippen LogP contribution is 2.07. The molecule has 0 aliphatic rings. The first-order valence-corrected chi connectivity index (χ1v) is 7.48. The van der Waals surface area contributed by atoms with Gasteiger partial charge in [-0.25, -0.2) is 19.2 Å². The summed E-state index contributed by atoms with van der Waals surface area (Å²) >= 11 is 0. The number of aliphatic carboxylic acids is 2. The van der Waals surface area contributed by atoms with Crippen LogP contribution in [-0.4, -0.2) is 67.7 Å². The number of carboxylic acids is 4. The number of hydrogen-bond acceptors (Lipinski definition) is 6. The van der Waals surface area contributed by atoms with E-state index in [4.69, 9.17) is 30.6 Å². The van der Waals surface area contributed by atoms with Crippen LogP contribution >= 0.6 is 0 Å². The van der Waals surface area contributed by atoms with Crippen LogP contribution in [0.2, 0.25) is 0 Å². The maximum Gasteiger partial charge on any atom is 0.336 e. The molecule has 28 heavy (non-hydrogen) atoms. The van der Waals surface area contributed by atoms with Gasteiger partial charge in [-0.05, 0) is 26.0 Å². The van der Waals surface area contributed by atoms with Crippen molar-refractivity contribution in [2.45, 2.75) is 13.8 Å². The molecule has 0 aliphatic heterocycles. The van der Waals surface area contributed by atoms with E-state index in [9.17, 15) is 19.2 Å². The van der Waals surface area contributed by atoms with Crippen LogP contribution in [-0.2, 0) is 9.59 Å². The minimum absolute atomic E-state index is 0.190. The Morgan fingerprint density at radius 3 is 1.04 bits per heavy atom. The molecule has 0 fully saturated rings. The van der Waals surface area contributed by atoms with E-state index in [1.165, 1.54) is 24.3 Å². The molecule has 6 N–H and O–H groups in total. The lowest BCUT2D eigenvalue weighted by Gasteiger charge is -1.98. The van der Waals surface area contributed by atoms with Gasteiger partial charge in [0.2, 0.25) is 0 Å². The first-order valence-electron chi connectivity index (χ1n) is 7.48. The SMILES string of the molecule is C=CC(=O)O.C=CC(=O)O.CCO.CCO.O=C(O)c1ccccc1C(=O)O. The lowest BCUT2D eigenvalue weighted by molar-refractivity contribution is -0.132. The minimum Gasteiger partial charge on any atom is -0.478 e. The number of carboxylic acid groups (broad SMARTS) is 4. The van der Waals surface area contributed by atoms with Crippen molar-refractivity contribution in [3.05, 3.63) is 60.7 Å². The van der Waals surface area contributed by atoms with E-state index in [0.717, 1.165) is 12.2 Å². The van der Waals surface area contributed by atoms with Crippen molar-refractivity contribution in [3.63, 3.8) is 0 Å². The number of rotatable bonds is 4. The van der Waals surface area contributed by atoms with Gasteiger partial charge in [0, 0.05) is 25.4 Å². The number of hydrogen-bond donors (Lipinski definition) is 6. The Labute approximate surface area is 162 Å². The Morgan fingerprint density at radius 1 is 0.750 bits per heavy atom. The zero-order valence-electron chi connectivity index (χ0n) is 15.6. The van der Waals surface area contributed by atoms with Crippen molar-refractivity contribution in [2.24, 2.45) is 0 Å². The van der Waals surface area contributed by atoms with E-state index in [1.54, 1.807) is 13.8 Å². The normalized spacial score (nSPS) is 7.57. The quantitative estimate of drug-likeness (QED) is 0.403. The third kappa shape index (κ3) is 27.4. The highest BCUT2D eigenvalue weighted by Gasteiger charge is 2.13. The van der Waals surface area contributed by atoms with E-state index >= 15 is 0 Å². The van der Waals surface area contributed by atoms with Gasteiger partial charge in [0.1, 0.15) is 0 Å². The standard InChI is InChI=1S/C8H6O4.2C3H4O2.2C2H6O/c9-7(10)5-3-1-2-4-6(5)8(11)12;2*1-2-3(4)5;2*1-2-3/h1-4H,(H,9,10)(H,11,12);2*2H,1H2,(H,4,5);2*3H,2H2,1H3. The number of benzene rings is 1. The summed E-state index contributed by atoms with van der Waals surface area (Å²) in [6.07, 6.45) is 1.67. The van der Waals surface area contributed by atoms with Crippen LogP contribution in [0.4, 0.5) is 0 Å².